The molecule has 0 saturated heterocycles. The molecule has 9 heteroatoms. The number of rotatable bonds is 4. The number of ether oxygens (including phenoxy) is 1. The van der Waals surface area contributed by atoms with E-state index < -0.39 is 9.84 Å². The van der Waals surface area contributed by atoms with Crippen LogP contribution in [0.1, 0.15) is 0 Å². The summed E-state index contributed by atoms with van der Waals surface area (Å²) in [7, 11) is -2.07. The molecule has 30 heavy (non-hydrogen) atoms. The first-order valence-electron chi connectivity index (χ1n) is 8.81. The van der Waals surface area contributed by atoms with E-state index in [1.54, 1.807) is 61.7 Å². The molecule has 7 nitrogen and oxygen atoms in total. The molecule has 0 aliphatic heterocycles. The maximum absolute atomic E-state index is 13.5. The standard InChI is InChI=1S/C21H16BrN3O4S/c1-29-17-9-3-13(4-10-17)18-11-14-12-23-21(30(2,27)28)24-19(14)25(20(18)26)16-7-5-15(22)6-8-16/h3-12H,1-2H3. The Hall–Kier alpha value is -3.04. The molecule has 0 saturated carbocycles. The molecule has 2 aromatic carbocycles. The molecule has 0 bridgehead atoms. The number of sulfone groups is 1. The summed E-state index contributed by atoms with van der Waals surface area (Å²) < 4.78 is 31.4. The predicted octanol–water partition coefficient (Wildman–Crippen LogP) is 3.62. The van der Waals surface area contributed by atoms with Gasteiger partial charge in [-0.2, -0.15) is 4.98 Å². The molecular weight excluding hydrogens is 470 g/mol. The molecule has 2 heterocycles. The van der Waals surface area contributed by atoms with Crippen LogP contribution in [-0.4, -0.2) is 36.3 Å². The fourth-order valence-corrected chi connectivity index (χ4v) is 3.83. The number of hydrogen-bond acceptors (Lipinski definition) is 6. The molecule has 152 valence electrons. The number of hydrogen-bond donors (Lipinski definition) is 0. The Bertz CT molecular complexity index is 1410. The van der Waals surface area contributed by atoms with Gasteiger partial charge in [-0.15, -0.1) is 0 Å². The van der Waals surface area contributed by atoms with Gasteiger partial charge in [0.25, 0.3) is 5.56 Å². The number of fused-ring (bicyclic) bond motifs is 1. The van der Waals surface area contributed by atoms with Crippen LogP contribution >= 0.6 is 15.9 Å². The SMILES string of the molecule is COc1ccc(-c2cc3cnc(S(C)(=O)=O)nc3n(-c3ccc(Br)cc3)c2=O)cc1. The zero-order valence-corrected chi connectivity index (χ0v) is 18.4. The van der Waals surface area contributed by atoms with Gasteiger partial charge in [0.15, 0.2) is 5.65 Å². The molecule has 0 radical (unpaired) electrons. The van der Waals surface area contributed by atoms with E-state index in [4.69, 9.17) is 4.74 Å². The van der Waals surface area contributed by atoms with E-state index in [9.17, 15) is 13.2 Å². The highest BCUT2D eigenvalue weighted by molar-refractivity contribution is 9.10. The Morgan fingerprint density at radius 1 is 1.03 bits per heavy atom. The van der Waals surface area contributed by atoms with Crippen molar-refractivity contribution in [3.63, 3.8) is 0 Å². The average molecular weight is 486 g/mol. The van der Waals surface area contributed by atoms with Crippen molar-refractivity contribution in [3.05, 3.63) is 75.6 Å². The van der Waals surface area contributed by atoms with Crippen LogP contribution in [0, 0.1) is 0 Å². The van der Waals surface area contributed by atoms with Gasteiger partial charge in [-0.25, -0.2) is 13.4 Å². The molecule has 0 aliphatic carbocycles. The molecule has 0 aliphatic rings. The van der Waals surface area contributed by atoms with Crippen LogP contribution in [0.15, 0.2) is 75.2 Å². The summed E-state index contributed by atoms with van der Waals surface area (Å²) >= 11 is 3.38. The normalized spacial score (nSPS) is 11.6. The third kappa shape index (κ3) is 3.73. The van der Waals surface area contributed by atoms with Gasteiger partial charge in [0.2, 0.25) is 15.0 Å². The van der Waals surface area contributed by atoms with Crippen LogP contribution in [0.5, 0.6) is 5.75 Å². The van der Waals surface area contributed by atoms with E-state index in [2.05, 4.69) is 25.9 Å². The highest BCUT2D eigenvalue weighted by Crippen LogP contribution is 2.25. The number of pyridine rings is 1. The monoisotopic (exact) mass is 485 g/mol. The van der Waals surface area contributed by atoms with Gasteiger partial charge in [0.1, 0.15) is 5.75 Å². The van der Waals surface area contributed by atoms with Crippen molar-refractivity contribution >= 4 is 36.8 Å². The van der Waals surface area contributed by atoms with Gasteiger partial charge in [-0.3, -0.25) is 9.36 Å². The lowest BCUT2D eigenvalue weighted by atomic mass is 10.1. The summed E-state index contributed by atoms with van der Waals surface area (Å²) in [5.41, 5.74) is 1.58. The number of nitrogens with zero attached hydrogens (tertiary/aromatic N) is 3. The Labute approximate surface area is 181 Å². The molecule has 0 atom stereocenters. The maximum atomic E-state index is 13.5. The molecule has 0 fully saturated rings. The molecular formula is C21H16BrN3O4S. The number of methoxy groups -OCH3 is 1. The number of halogens is 1. The van der Waals surface area contributed by atoms with Gasteiger partial charge in [0.05, 0.1) is 12.8 Å². The summed E-state index contributed by atoms with van der Waals surface area (Å²) in [6.07, 6.45) is 2.45. The van der Waals surface area contributed by atoms with Crippen LogP contribution < -0.4 is 10.3 Å². The van der Waals surface area contributed by atoms with Crippen molar-refractivity contribution < 1.29 is 13.2 Å². The fraction of sp³-hybridized carbons (Fsp3) is 0.0952. The first-order chi connectivity index (χ1) is 14.3. The van der Waals surface area contributed by atoms with Crippen LogP contribution in [0.3, 0.4) is 0 Å². The summed E-state index contributed by atoms with van der Waals surface area (Å²) in [6.45, 7) is 0. The van der Waals surface area contributed by atoms with E-state index >= 15 is 0 Å². The second kappa shape index (κ2) is 7.66. The average Bonchev–Trinajstić information content (AvgIpc) is 2.73. The van der Waals surface area contributed by atoms with Crippen molar-refractivity contribution in [2.45, 2.75) is 5.16 Å². The topological polar surface area (TPSA) is 91.2 Å². The molecule has 4 rings (SSSR count). The highest BCUT2D eigenvalue weighted by Gasteiger charge is 2.18. The van der Waals surface area contributed by atoms with Crippen LogP contribution in [0.4, 0.5) is 0 Å². The van der Waals surface area contributed by atoms with Crippen LogP contribution in [0.2, 0.25) is 0 Å². The van der Waals surface area contributed by atoms with Crippen molar-refractivity contribution in [1.29, 1.82) is 0 Å². The molecule has 0 amide bonds. The Kier molecular flexibility index (Phi) is 5.17. The van der Waals surface area contributed by atoms with Crippen LogP contribution in [-0.2, 0) is 9.84 Å². The Balaban J connectivity index is 2.07. The number of aromatic nitrogens is 3. The van der Waals surface area contributed by atoms with Crippen molar-refractivity contribution in [1.82, 2.24) is 14.5 Å². The second-order valence-electron chi connectivity index (χ2n) is 6.61. The second-order valence-corrected chi connectivity index (χ2v) is 9.43. The van der Waals surface area contributed by atoms with Crippen molar-refractivity contribution in [3.8, 4) is 22.6 Å². The lowest BCUT2D eigenvalue weighted by molar-refractivity contribution is 0.415. The van der Waals surface area contributed by atoms with E-state index in [0.29, 0.717) is 28.0 Å². The highest BCUT2D eigenvalue weighted by atomic mass is 79.9. The van der Waals surface area contributed by atoms with E-state index in [1.165, 1.54) is 10.8 Å². The molecule has 2 aromatic heterocycles. The lowest BCUT2D eigenvalue weighted by Gasteiger charge is -2.13. The van der Waals surface area contributed by atoms with Gasteiger partial charge >= 0.3 is 0 Å². The fourth-order valence-electron chi connectivity index (χ4n) is 3.07. The van der Waals surface area contributed by atoms with Gasteiger partial charge in [0, 0.05) is 27.9 Å². The van der Waals surface area contributed by atoms with Gasteiger partial charge < -0.3 is 4.74 Å². The molecule has 0 unspecified atom stereocenters. The smallest absolute Gasteiger partial charge is 0.264 e. The third-order valence-electron chi connectivity index (χ3n) is 4.54. The first kappa shape index (κ1) is 20.2. The minimum absolute atomic E-state index is 0.218. The molecule has 0 spiro atoms. The molecule has 0 N–H and O–H groups in total. The lowest BCUT2D eigenvalue weighted by Crippen LogP contribution is -2.22. The van der Waals surface area contributed by atoms with Crippen LogP contribution in [0.25, 0.3) is 27.8 Å². The summed E-state index contributed by atoms with van der Waals surface area (Å²) in [4.78, 5) is 21.7. The first-order valence-corrected chi connectivity index (χ1v) is 11.5. The van der Waals surface area contributed by atoms with Crippen molar-refractivity contribution in [2.24, 2.45) is 0 Å². The van der Waals surface area contributed by atoms with E-state index in [-0.39, 0.29) is 16.4 Å². The Morgan fingerprint density at radius 2 is 1.70 bits per heavy atom. The van der Waals surface area contributed by atoms with E-state index in [1.807, 2.05) is 0 Å². The van der Waals surface area contributed by atoms with E-state index in [0.717, 1.165) is 10.7 Å². The number of benzene rings is 2. The molecule has 4 aromatic rings. The largest absolute Gasteiger partial charge is 0.497 e. The minimum atomic E-state index is -3.64. The summed E-state index contributed by atoms with van der Waals surface area (Å²) in [6, 6.07) is 15.9. The predicted molar refractivity (Wildman–Crippen MR) is 118 cm³/mol. The maximum Gasteiger partial charge on any atom is 0.264 e. The van der Waals surface area contributed by atoms with Gasteiger partial charge in [-0.05, 0) is 48.0 Å². The Morgan fingerprint density at radius 3 is 2.30 bits per heavy atom. The van der Waals surface area contributed by atoms with Gasteiger partial charge in [-0.1, -0.05) is 28.1 Å². The summed E-state index contributed by atoms with van der Waals surface area (Å²) in [5.74, 6) is 0.675. The quantitative estimate of drug-likeness (QED) is 0.410. The summed E-state index contributed by atoms with van der Waals surface area (Å²) in [5, 5.41) is 0.202. The zero-order valence-electron chi connectivity index (χ0n) is 16.0. The van der Waals surface area contributed by atoms with Crippen molar-refractivity contribution in [2.75, 3.05) is 13.4 Å². The third-order valence-corrected chi connectivity index (χ3v) is 5.93. The zero-order chi connectivity index (χ0) is 21.5. The minimum Gasteiger partial charge on any atom is -0.497 e.